The van der Waals surface area contributed by atoms with Crippen LogP contribution in [0.25, 0.3) is 0 Å². The summed E-state index contributed by atoms with van der Waals surface area (Å²) in [5.41, 5.74) is 1.28. The molecule has 1 aromatic heterocycles. The molecule has 1 heterocycles. The molecule has 0 fully saturated rings. The van der Waals surface area contributed by atoms with Crippen LogP contribution in [-0.2, 0) is 40.5 Å². The Balaban J connectivity index is -0.000000329. The molecular weight excluding hydrogens is 390 g/mol. The number of imidazole rings is 1. The molecule has 0 unspecified atom stereocenters. The van der Waals surface area contributed by atoms with Gasteiger partial charge in [-0.3, -0.25) is 9.13 Å². The van der Waals surface area contributed by atoms with E-state index in [-0.39, 0.29) is 17.1 Å². The van der Waals surface area contributed by atoms with Gasteiger partial charge in [-0.05, 0) is 0 Å². The Labute approximate surface area is 181 Å². The van der Waals surface area contributed by atoms with Gasteiger partial charge < -0.3 is 0 Å². The number of aromatic nitrogens is 2. The first-order valence-corrected chi connectivity index (χ1v) is 8.53. The SMILES string of the molecule is CC(C)C[B-]c1n(C)cc[n+]1C.[C-]#[O+].[C-]#[O+].[Mn].c1cc[cH-]c1.c1ccccc1. The zero-order chi connectivity index (χ0) is 20.9. The minimum Gasteiger partial charge on any atom is -0.214 e. The second-order valence-electron chi connectivity index (χ2n) is 5.83. The largest absolute Gasteiger partial charge is 0.214 e. The first-order chi connectivity index (χ1) is 13.1. The first kappa shape index (κ1) is 30.6. The predicted octanol–water partition coefficient (Wildman–Crippen LogP) is 3.27. The van der Waals surface area contributed by atoms with Gasteiger partial charge in [0.15, 0.2) is 0 Å². The van der Waals surface area contributed by atoms with Crippen LogP contribution in [0.4, 0.5) is 0 Å². The van der Waals surface area contributed by atoms with Crippen LogP contribution >= 0.6 is 0 Å². The van der Waals surface area contributed by atoms with E-state index in [1.807, 2.05) is 66.7 Å². The summed E-state index contributed by atoms with van der Waals surface area (Å²) < 4.78 is 19.3. The maximum Gasteiger partial charge on any atom is 0 e. The molecule has 0 amide bonds. The molecule has 0 saturated heterocycles. The van der Waals surface area contributed by atoms with Crippen molar-refractivity contribution < 1.29 is 30.9 Å². The molecule has 149 valence electrons. The molecule has 0 spiro atoms. The number of nitrogens with zero attached hydrogens (tertiary/aromatic N) is 2. The zero-order valence-corrected chi connectivity index (χ0v) is 18.1. The molecular formula is C22H28BMnN2O2-. The van der Waals surface area contributed by atoms with Crippen LogP contribution < -0.4 is 10.3 Å². The Morgan fingerprint density at radius 1 is 0.964 bits per heavy atom. The fourth-order valence-corrected chi connectivity index (χ4v) is 1.94. The van der Waals surface area contributed by atoms with E-state index in [0.29, 0.717) is 0 Å². The number of hydrogen-bond acceptors (Lipinski definition) is 0. The Bertz CT molecular complexity index is 624. The molecule has 3 rings (SSSR count). The summed E-state index contributed by atoms with van der Waals surface area (Å²) in [7, 11) is 6.43. The molecule has 0 N–H and O–H groups in total. The third kappa shape index (κ3) is 17.3. The first-order valence-electron chi connectivity index (χ1n) is 8.53. The van der Waals surface area contributed by atoms with Crippen molar-refractivity contribution in [3.05, 3.63) is 92.4 Å². The summed E-state index contributed by atoms with van der Waals surface area (Å²) in [5.74, 6) is 0.736. The average Bonchev–Trinajstić information content (AvgIpc) is 3.40. The maximum absolute atomic E-state index is 7.50. The summed E-state index contributed by atoms with van der Waals surface area (Å²) in [5, 5.41) is 0. The van der Waals surface area contributed by atoms with Crippen LogP contribution in [-0.4, -0.2) is 11.8 Å². The average molecular weight is 418 g/mol. The monoisotopic (exact) mass is 418 g/mol. The van der Waals surface area contributed by atoms with Gasteiger partial charge in [0.2, 0.25) is 0 Å². The van der Waals surface area contributed by atoms with Crippen molar-refractivity contribution in [3.8, 4) is 0 Å². The molecule has 3 radical (unpaired) electrons. The van der Waals surface area contributed by atoms with Crippen LogP contribution in [0.5, 0.6) is 0 Å². The molecule has 6 heteroatoms. The van der Waals surface area contributed by atoms with Gasteiger partial charge in [0, 0.05) is 22.8 Å². The van der Waals surface area contributed by atoms with Gasteiger partial charge in [-0.1, -0.05) is 56.2 Å². The summed E-state index contributed by atoms with van der Waals surface area (Å²) in [6.07, 6.45) is 5.30. The Hall–Kier alpha value is -2.16. The molecule has 2 aromatic carbocycles. The van der Waals surface area contributed by atoms with Crippen molar-refractivity contribution in [2.75, 3.05) is 0 Å². The van der Waals surface area contributed by atoms with E-state index < -0.39 is 0 Å². The Morgan fingerprint density at radius 3 is 1.64 bits per heavy atom. The van der Waals surface area contributed by atoms with E-state index in [4.69, 9.17) is 9.30 Å². The van der Waals surface area contributed by atoms with Crippen LogP contribution in [0.2, 0.25) is 6.32 Å². The van der Waals surface area contributed by atoms with Gasteiger partial charge in [0.25, 0.3) is 0 Å². The summed E-state index contributed by atoms with van der Waals surface area (Å²) in [6, 6.07) is 22.0. The number of benzene rings is 1. The van der Waals surface area contributed by atoms with E-state index in [0.717, 1.165) is 12.2 Å². The van der Waals surface area contributed by atoms with Crippen molar-refractivity contribution >= 4 is 13.0 Å². The molecule has 28 heavy (non-hydrogen) atoms. The predicted molar refractivity (Wildman–Crippen MR) is 108 cm³/mol. The molecule has 4 nitrogen and oxygen atoms in total. The van der Waals surface area contributed by atoms with E-state index in [2.05, 4.69) is 70.1 Å². The molecule has 0 bridgehead atoms. The van der Waals surface area contributed by atoms with Crippen molar-refractivity contribution in [2.45, 2.75) is 20.2 Å². The summed E-state index contributed by atoms with van der Waals surface area (Å²) >= 11 is 0. The van der Waals surface area contributed by atoms with Crippen LogP contribution in [0.3, 0.4) is 0 Å². The summed E-state index contributed by atoms with van der Waals surface area (Å²) in [4.78, 5) is 0. The van der Waals surface area contributed by atoms with Crippen molar-refractivity contribution in [1.82, 2.24) is 4.57 Å². The molecule has 0 atom stereocenters. The topological polar surface area (TPSA) is 48.6 Å². The van der Waals surface area contributed by atoms with E-state index in [1.165, 1.54) is 5.72 Å². The summed E-state index contributed by atoms with van der Waals surface area (Å²) in [6.45, 7) is 13.5. The number of hydrogen-bond donors (Lipinski definition) is 0. The van der Waals surface area contributed by atoms with E-state index >= 15 is 0 Å². The van der Waals surface area contributed by atoms with Gasteiger partial charge in [0.1, 0.15) is 12.4 Å². The van der Waals surface area contributed by atoms with Crippen molar-refractivity contribution in [2.24, 2.45) is 20.0 Å². The van der Waals surface area contributed by atoms with Crippen LogP contribution in [0, 0.1) is 19.2 Å². The number of aryl methyl sites for hydroxylation is 2. The molecule has 0 saturated carbocycles. The standard InChI is InChI=1S/C9H17BN2.C6H6.C5H5.2CO.Mn/c1-8(2)7-10-9-11(3)5-6-12(9)4;1-2-4-6-5-3-1;1-2-4-5-3-1;2*1-2;/h5-6,8H,7H2,1-4H3;1-6H;1-5H;;;/q;;-1;;;. The molecule has 0 aliphatic carbocycles. The normalized spacial score (nSPS) is 8.04. The van der Waals surface area contributed by atoms with Crippen LogP contribution in [0.15, 0.2) is 79.1 Å². The minimum absolute atomic E-state index is 0. The van der Waals surface area contributed by atoms with Gasteiger partial charge >= 0.3 is 22.6 Å². The third-order valence-corrected chi connectivity index (χ3v) is 3.23. The third-order valence-electron chi connectivity index (χ3n) is 3.23. The van der Waals surface area contributed by atoms with E-state index in [9.17, 15) is 0 Å². The Morgan fingerprint density at radius 2 is 1.39 bits per heavy atom. The second kappa shape index (κ2) is 22.9. The van der Waals surface area contributed by atoms with Crippen LogP contribution in [0.1, 0.15) is 13.8 Å². The van der Waals surface area contributed by atoms with Crippen molar-refractivity contribution in [3.63, 3.8) is 0 Å². The minimum atomic E-state index is 0. The van der Waals surface area contributed by atoms with Gasteiger partial charge in [-0.2, -0.15) is 25.5 Å². The van der Waals surface area contributed by atoms with E-state index in [1.54, 1.807) is 0 Å². The molecule has 0 aliphatic rings. The quantitative estimate of drug-likeness (QED) is 0.272. The maximum atomic E-state index is 7.50. The Kier molecular flexibility index (Phi) is 25.0. The van der Waals surface area contributed by atoms with Gasteiger partial charge in [-0.15, -0.1) is 0 Å². The van der Waals surface area contributed by atoms with Crippen molar-refractivity contribution in [1.29, 1.82) is 0 Å². The fourth-order valence-electron chi connectivity index (χ4n) is 1.94. The molecule has 3 aromatic rings. The zero-order valence-electron chi connectivity index (χ0n) is 17.0. The number of rotatable bonds is 3. The fraction of sp³-hybridized carbons (Fsp3) is 0.273. The van der Waals surface area contributed by atoms with Gasteiger partial charge in [0.05, 0.1) is 14.1 Å². The smallest absolute Gasteiger partial charge is 0 e. The van der Waals surface area contributed by atoms with Gasteiger partial charge in [-0.25, -0.2) is 18.5 Å². The second-order valence-corrected chi connectivity index (χ2v) is 5.83. The molecule has 0 aliphatic heterocycles.